The number of carbonyl (C=O) groups is 1. The molecular weight excluding hydrogens is 470 g/mol. The predicted molar refractivity (Wildman–Crippen MR) is 145 cm³/mol. The first-order valence-corrected chi connectivity index (χ1v) is 12.1. The minimum atomic E-state index is -0.192. The van der Waals surface area contributed by atoms with Gasteiger partial charge in [-0.3, -0.25) is 4.79 Å². The maximum Gasteiger partial charge on any atom is 0.230 e. The number of amides is 1. The van der Waals surface area contributed by atoms with E-state index in [1.54, 1.807) is 18.2 Å². The van der Waals surface area contributed by atoms with Crippen molar-refractivity contribution in [2.45, 2.75) is 27.2 Å². The van der Waals surface area contributed by atoms with Crippen LogP contribution in [0.3, 0.4) is 0 Å². The van der Waals surface area contributed by atoms with Crippen LogP contribution in [0.5, 0.6) is 11.5 Å². The van der Waals surface area contributed by atoms with E-state index >= 15 is 0 Å². The molecule has 1 amide bonds. The van der Waals surface area contributed by atoms with Gasteiger partial charge in [-0.1, -0.05) is 41.9 Å². The third-order valence-electron chi connectivity index (χ3n) is 6.18. The van der Waals surface area contributed by atoms with Crippen LogP contribution in [0.1, 0.15) is 22.4 Å². The summed E-state index contributed by atoms with van der Waals surface area (Å²) >= 11 is 6.25. The Balaban J connectivity index is 1.49. The fraction of sp³-hybridized carbons (Fsp3) is 0.133. The van der Waals surface area contributed by atoms with Crippen LogP contribution in [0.4, 0.5) is 5.69 Å². The number of pyridine rings is 1. The van der Waals surface area contributed by atoms with E-state index in [9.17, 15) is 4.79 Å². The average Bonchev–Trinajstić information content (AvgIpc) is 3.20. The van der Waals surface area contributed by atoms with Crippen LogP contribution in [-0.4, -0.2) is 15.3 Å². The zero-order chi connectivity index (χ0) is 25.2. The van der Waals surface area contributed by atoms with E-state index in [0.717, 1.165) is 28.2 Å². The molecule has 36 heavy (non-hydrogen) atoms. The van der Waals surface area contributed by atoms with Crippen LogP contribution in [0.15, 0.2) is 85.1 Å². The van der Waals surface area contributed by atoms with Crippen molar-refractivity contribution >= 4 is 28.8 Å². The maximum absolute atomic E-state index is 13.4. The number of halogens is 1. The molecule has 0 aliphatic rings. The fourth-order valence-corrected chi connectivity index (χ4v) is 4.31. The summed E-state index contributed by atoms with van der Waals surface area (Å²) in [5.74, 6) is 0.995. The Morgan fingerprint density at radius 2 is 1.75 bits per heavy atom. The Bertz CT molecular complexity index is 1570. The van der Waals surface area contributed by atoms with E-state index in [1.165, 1.54) is 11.1 Å². The SMILES string of the molecule is Cc1ccn2c(CC(=O)Nc3cc(Cl)ccc3Oc3ccccc3)c(-c3ccc(C)c(C)c3)nc2c1. The molecule has 5 aromatic rings. The Morgan fingerprint density at radius 3 is 2.53 bits per heavy atom. The first kappa shape index (κ1) is 23.6. The summed E-state index contributed by atoms with van der Waals surface area (Å²) in [7, 11) is 0. The van der Waals surface area contributed by atoms with Gasteiger partial charge in [0.05, 0.1) is 23.5 Å². The highest BCUT2D eigenvalue weighted by Gasteiger charge is 2.19. The predicted octanol–water partition coefficient (Wildman–Crippen LogP) is 7.55. The number of nitrogens with one attached hydrogen (secondary N) is 1. The molecule has 3 aromatic carbocycles. The summed E-state index contributed by atoms with van der Waals surface area (Å²) in [5, 5.41) is 3.50. The van der Waals surface area contributed by atoms with Crippen molar-refractivity contribution in [3.63, 3.8) is 0 Å². The molecular formula is C30H26ClN3O2. The van der Waals surface area contributed by atoms with Crippen LogP contribution < -0.4 is 10.1 Å². The number of ether oxygens (including phenoxy) is 1. The molecule has 6 heteroatoms. The van der Waals surface area contributed by atoms with E-state index in [0.29, 0.717) is 22.2 Å². The third-order valence-corrected chi connectivity index (χ3v) is 6.41. The van der Waals surface area contributed by atoms with Crippen molar-refractivity contribution in [2.24, 2.45) is 0 Å². The number of imidazole rings is 1. The molecule has 0 atom stereocenters. The molecule has 0 radical (unpaired) electrons. The van der Waals surface area contributed by atoms with Crippen molar-refractivity contribution in [3.05, 3.63) is 112 Å². The van der Waals surface area contributed by atoms with E-state index in [2.05, 4.69) is 37.4 Å². The molecule has 180 valence electrons. The first-order chi connectivity index (χ1) is 17.4. The lowest BCUT2D eigenvalue weighted by Crippen LogP contribution is -2.16. The second kappa shape index (κ2) is 9.88. The van der Waals surface area contributed by atoms with Crippen LogP contribution in [0.25, 0.3) is 16.9 Å². The fourth-order valence-electron chi connectivity index (χ4n) is 4.14. The van der Waals surface area contributed by atoms with Crippen molar-refractivity contribution in [1.29, 1.82) is 0 Å². The van der Waals surface area contributed by atoms with Crippen molar-refractivity contribution in [2.75, 3.05) is 5.32 Å². The molecule has 1 N–H and O–H groups in total. The Labute approximate surface area is 215 Å². The topological polar surface area (TPSA) is 55.6 Å². The van der Waals surface area contributed by atoms with Gasteiger partial charge in [-0.05, 0) is 86.0 Å². The Morgan fingerprint density at radius 1 is 0.944 bits per heavy atom. The first-order valence-electron chi connectivity index (χ1n) is 11.7. The summed E-state index contributed by atoms with van der Waals surface area (Å²) < 4.78 is 7.99. The van der Waals surface area contributed by atoms with Crippen LogP contribution in [0.2, 0.25) is 5.02 Å². The quantitative estimate of drug-likeness (QED) is 0.264. The normalized spacial score (nSPS) is 11.0. The molecule has 0 saturated carbocycles. The number of hydrogen-bond acceptors (Lipinski definition) is 3. The van der Waals surface area contributed by atoms with E-state index in [1.807, 2.05) is 60.0 Å². The molecule has 0 aliphatic carbocycles. The second-order valence-corrected chi connectivity index (χ2v) is 9.36. The molecule has 5 nitrogen and oxygen atoms in total. The molecule has 0 unspecified atom stereocenters. The lowest BCUT2D eigenvalue weighted by Gasteiger charge is -2.13. The molecule has 0 fully saturated rings. The average molecular weight is 496 g/mol. The summed E-state index contributed by atoms with van der Waals surface area (Å²) in [5.41, 5.74) is 7.41. The summed E-state index contributed by atoms with van der Waals surface area (Å²) in [4.78, 5) is 18.3. The van der Waals surface area contributed by atoms with Gasteiger partial charge in [0, 0.05) is 16.8 Å². The van der Waals surface area contributed by atoms with Gasteiger partial charge in [-0.2, -0.15) is 0 Å². The summed E-state index contributed by atoms with van der Waals surface area (Å²) in [6.45, 7) is 6.20. The van der Waals surface area contributed by atoms with E-state index < -0.39 is 0 Å². The molecule has 0 spiro atoms. The third kappa shape index (κ3) is 4.97. The highest BCUT2D eigenvalue weighted by atomic mass is 35.5. The van der Waals surface area contributed by atoms with Gasteiger partial charge in [0.1, 0.15) is 11.4 Å². The molecule has 0 aliphatic heterocycles. The van der Waals surface area contributed by atoms with Crippen molar-refractivity contribution in [3.8, 4) is 22.8 Å². The molecule has 2 aromatic heterocycles. The zero-order valence-electron chi connectivity index (χ0n) is 20.4. The van der Waals surface area contributed by atoms with E-state index in [-0.39, 0.29) is 12.3 Å². The Hall–Kier alpha value is -4.09. The monoisotopic (exact) mass is 495 g/mol. The summed E-state index contributed by atoms with van der Waals surface area (Å²) in [6.07, 6.45) is 2.10. The number of rotatable bonds is 6. The minimum Gasteiger partial charge on any atom is -0.455 e. The van der Waals surface area contributed by atoms with Gasteiger partial charge in [0.15, 0.2) is 5.75 Å². The minimum absolute atomic E-state index is 0.129. The highest BCUT2D eigenvalue weighted by molar-refractivity contribution is 6.31. The standard InChI is InChI=1S/C30H26ClN3O2/c1-19-13-14-34-26(30(33-28(34)15-19)22-10-9-20(2)21(3)16-22)18-29(35)32-25-17-23(31)11-12-27(25)36-24-7-5-4-6-8-24/h4-17H,18H2,1-3H3,(H,32,35). The van der Waals surface area contributed by atoms with Crippen LogP contribution in [0, 0.1) is 20.8 Å². The number of hydrogen-bond donors (Lipinski definition) is 1. The number of para-hydroxylation sites is 1. The number of aromatic nitrogens is 2. The van der Waals surface area contributed by atoms with Gasteiger partial charge in [-0.25, -0.2) is 4.98 Å². The van der Waals surface area contributed by atoms with Gasteiger partial charge in [-0.15, -0.1) is 0 Å². The van der Waals surface area contributed by atoms with Gasteiger partial charge < -0.3 is 14.5 Å². The molecule has 2 heterocycles. The van der Waals surface area contributed by atoms with Crippen LogP contribution in [-0.2, 0) is 11.2 Å². The zero-order valence-corrected chi connectivity index (χ0v) is 21.1. The second-order valence-electron chi connectivity index (χ2n) is 8.92. The molecule has 0 bridgehead atoms. The number of nitrogens with zero attached hydrogens (tertiary/aromatic N) is 2. The van der Waals surface area contributed by atoms with Gasteiger partial charge in [0.2, 0.25) is 5.91 Å². The Kier molecular flexibility index (Phi) is 6.49. The largest absolute Gasteiger partial charge is 0.455 e. The number of aryl methyl sites for hydroxylation is 3. The van der Waals surface area contributed by atoms with Gasteiger partial charge in [0.25, 0.3) is 0 Å². The number of benzene rings is 3. The molecule has 5 rings (SSSR count). The lowest BCUT2D eigenvalue weighted by molar-refractivity contribution is -0.115. The number of anilines is 1. The van der Waals surface area contributed by atoms with Crippen molar-refractivity contribution in [1.82, 2.24) is 9.38 Å². The van der Waals surface area contributed by atoms with Crippen molar-refractivity contribution < 1.29 is 9.53 Å². The van der Waals surface area contributed by atoms with Crippen LogP contribution >= 0.6 is 11.6 Å². The number of fused-ring (bicyclic) bond motifs is 1. The summed E-state index contributed by atoms with van der Waals surface area (Å²) in [6, 6.07) is 24.9. The highest BCUT2D eigenvalue weighted by Crippen LogP contribution is 2.33. The van der Waals surface area contributed by atoms with E-state index in [4.69, 9.17) is 21.3 Å². The number of carbonyl (C=O) groups excluding carboxylic acids is 1. The maximum atomic E-state index is 13.4. The molecule has 0 saturated heterocycles. The van der Waals surface area contributed by atoms with Gasteiger partial charge >= 0.3 is 0 Å². The smallest absolute Gasteiger partial charge is 0.230 e. The lowest BCUT2D eigenvalue weighted by atomic mass is 10.0.